The molecule has 4 heteroatoms. The van der Waals surface area contributed by atoms with Crippen LogP contribution in [-0.4, -0.2) is 36.3 Å². The van der Waals surface area contributed by atoms with E-state index >= 15 is 0 Å². The van der Waals surface area contributed by atoms with Gasteiger partial charge in [-0.05, 0) is 5.56 Å². The second-order valence-corrected chi connectivity index (χ2v) is 4.13. The topological polar surface area (TPSA) is 51.2 Å². The van der Waals surface area contributed by atoms with Crippen LogP contribution in [0, 0.1) is 0 Å². The smallest absolute Gasteiger partial charge is 0.186 e. The summed E-state index contributed by atoms with van der Waals surface area (Å²) in [6.07, 6.45) is -1.02. The van der Waals surface area contributed by atoms with Gasteiger partial charge in [-0.3, -0.25) is 0 Å². The highest BCUT2D eigenvalue weighted by Gasteiger charge is 2.54. The molecule has 2 saturated heterocycles. The summed E-state index contributed by atoms with van der Waals surface area (Å²) in [4.78, 5) is 0. The lowest BCUT2D eigenvalue weighted by atomic mass is 10.1. The van der Waals surface area contributed by atoms with Gasteiger partial charge in [0, 0.05) is 0 Å². The molecule has 3 rings (SSSR count). The Bertz CT molecular complexity index is 353. The monoisotopic (exact) mass is 222 g/mol. The first-order chi connectivity index (χ1) is 7.84. The number of aliphatic hydroxyl groups is 1. The van der Waals surface area contributed by atoms with Crippen LogP contribution in [0.1, 0.15) is 5.56 Å². The van der Waals surface area contributed by atoms with E-state index in [1.807, 2.05) is 30.3 Å². The number of ether oxygens (including phenoxy) is 3. The van der Waals surface area contributed by atoms with Gasteiger partial charge in [-0.1, -0.05) is 30.3 Å². The van der Waals surface area contributed by atoms with Gasteiger partial charge < -0.3 is 19.3 Å². The summed E-state index contributed by atoms with van der Waals surface area (Å²) in [6, 6.07) is 9.92. The van der Waals surface area contributed by atoms with Crippen molar-refractivity contribution >= 4 is 0 Å². The van der Waals surface area contributed by atoms with Crippen LogP contribution in [-0.2, 0) is 20.8 Å². The van der Waals surface area contributed by atoms with Crippen LogP contribution in [0.3, 0.4) is 0 Å². The van der Waals surface area contributed by atoms with Gasteiger partial charge in [0.25, 0.3) is 0 Å². The zero-order chi connectivity index (χ0) is 11.0. The van der Waals surface area contributed by atoms with E-state index < -0.39 is 6.10 Å². The van der Waals surface area contributed by atoms with Crippen molar-refractivity contribution in [3.63, 3.8) is 0 Å². The molecule has 4 atom stereocenters. The first kappa shape index (κ1) is 10.2. The highest BCUT2D eigenvalue weighted by Crippen LogP contribution is 2.35. The summed E-state index contributed by atoms with van der Waals surface area (Å²) in [7, 11) is 0. The fraction of sp³-hybridized carbons (Fsp3) is 0.500. The molecule has 86 valence electrons. The fourth-order valence-electron chi connectivity index (χ4n) is 1.94. The maximum Gasteiger partial charge on any atom is 0.186 e. The minimum atomic E-state index is -0.499. The van der Waals surface area contributed by atoms with Gasteiger partial charge in [-0.15, -0.1) is 0 Å². The van der Waals surface area contributed by atoms with Crippen molar-refractivity contribution in [2.24, 2.45) is 0 Å². The molecule has 2 fully saturated rings. The van der Waals surface area contributed by atoms with Crippen LogP contribution < -0.4 is 0 Å². The molecular weight excluding hydrogens is 208 g/mol. The van der Waals surface area contributed by atoms with E-state index in [1.165, 1.54) is 0 Å². The summed E-state index contributed by atoms with van der Waals surface area (Å²) in [5, 5.41) is 9.42. The average molecular weight is 222 g/mol. The average Bonchev–Trinajstić information content (AvgIpc) is 3.11. The summed E-state index contributed by atoms with van der Waals surface area (Å²) >= 11 is 0. The first-order valence-electron chi connectivity index (χ1n) is 5.45. The summed E-state index contributed by atoms with van der Waals surface area (Å²) in [5.41, 5.74) is 1.11. The summed E-state index contributed by atoms with van der Waals surface area (Å²) in [5.74, 6) is 0. The van der Waals surface area contributed by atoms with Crippen molar-refractivity contribution in [3.8, 4) is 0 Å². The molecule has 0 radical (unpaired) electrons. The van der Waals surface area contributed by atoms with E-state index in [-0.39, 0.29) is 18.5 Å². The Morgan fingerprint density at radius 3 is 2.88 bits per heavy atom. The van der Waals surface area contributed by atoms with E-state index in [2.05, 4.69) is 0 Å². The molecule has 0 bridgehead atoms. The Balaban J connectivity index is 1.53. The molecule has 1 aromatic carbocycles. The van der Waals surface area contributed by atoms with Gasteiger partial charge in [-0.2, -0.15) is 0 Å². The standard InChI is InChI=1S/C12H14O4/c13-9-7-15-12(11-10(9)16-11)14-6-8-4-2-1-3-5-8/h1-5,9-13H,6-7H2/t9-,10+,11+,12+/m0/s1. The van der Waals surface area contributed by atoms with Gasteiger partial charge in [-0.25, -0.2) is 0 Å². The molecule has 1 N–H and O–H groups in total. The zero-order valence-electron chi connectivity index (χ0n) is 8.78. The van der Waals surface area contributed by atoms with E-state index in [4.69, 9.17) is 14.2 Å². The highest BCUT2D eigenvalue weighted by molar-refractivity contribution is 5.13. The molecule has 0 saturated carbocycles. The zero-order valence-corrected chi connectivity index (χ0v) is 8.78. The van der Waals surface area contributed by atoms with Crippen LogP contribution in [0.2, 0.25) is 0 Å². The van der Waals surface area contributed by atoms with Crippen molar-refractivity contribution in [1.82, 2.24) is 0 Å². The van der Waals surface area contributed by atoms with E-state index in [1.54, 1.807) is 0 Å². The Morgan fingerprint density at radius 1 is 1.25 bits per heavy atom. The third-order valence-corrected chi connectivity index (χ3v) is 2.90. The molecule has 0 aromatic heterocycles. The van der Waals surface area contributed by atoms with Crippen molar-refractivity contribution in [1.29, 1.82) is 0 Å². The van der Waals surface area contributed by atoms with E-state index in [0.29, 0.717) is 13.2 Å². The maximum atomic E-state index is 9.42. The molecule has 16 heavy (non-hydrogen) atoms. The lowest BCUT2D eigenvalue weighted by molar-refractivity contribution is -0.182. The molecule has 2 heterocycles. The first-order valence-corrected chi connectivity index (χ1v) is 5.45. The van der Waals surface area contributed by atoms with Crippen LogP contribution in [0.4, 0.5) is 0 Å². The normalized spacial score (nSPS) is 36.8. The second-order valence-electron chi connectivity index (χ2n) is 4.13. The Morgan fingerprint density at radius 2 is 2.06 bits per heavy atom. The summed E-state index contributed by atoms with van der Waals surface area (Å²) in [6.45, 7) is 0.800. The minimum absolute atomic E-state index is 0.0884. The molecule has 4 nitrogen and oxygen atoms in total. The largest absolute Gasteiger partial charge is 0.388 e. The van der Waals surface area contributed by atoms with Crippen LogP contribution >= 0.6 is 0 Å². The lowest BCUT2D eigenvalue weighted by Gasteiger charge is -2.22. The van der Waals surface area contributed by atoms with Crippen molar-refractivity contribution in [2.45, 2.75) is 31.2 Å². The van der Waals surface area contributed by atoms with Gasteiger partial charge >= 0.3 is 0 Å². The van der Waals surface area contributed by atoms with Gasteiger partial charge in [0.1, 0.15) is 18.3 Å². The minimum Gasteiger partial charge on any atom is -0.388 e. The lowest BCUT2D eigenvalue weighted by Crippen LogP contribution is -2.38. The molecular formula is C12H14O4. The number of benzene rings is 1. The van der Waals surface area contributed by atoms with Crippen molar-refractivity contribution in [2.75, 3.05) is 6.61 Å². The van der Waals surface area contributed by atoms with Crippen molar-refractivity contribution < 1.29 is 19.3 Å². The highest BCUT2D eigenvalue weighted by atomic mass is 16.7. The Kier molecular flexibility index (Phi) is 2.65. The Hall–Kier alpha value is -0.940. The van der Waals surface area contributed by atoms with Crippen LogP contribution in [0.25, 0.3) is 0 Å². The molecule has 2 aliphatic rings. The third-order valence-electron chi connectivity index (χ3n) is 2.90. The number of hydrogen-bond donors (Lipinski definition) is 1. The number of fused-ring (bicyclic) bond motifs is 1. The number of rotatable bonds is 3. The van der Waals surface area contributed by atoms with Gasteiger partial charge in [0.05, 0.1) is 13.2 Å². The maximum absolute atomic E-state index is 9.42. The van der Waals surface area contributed by atoms with E-state index in [0.717, 1.165) is 5.56 Å². The van der Waals surface area contributed by atoms with Crippen molar-refractivity contribution in [3.05, 3.63) is 35.9 Å². The molecule has 0 unspecified atom stereocenters. The molecule has 0 spiro atoms. The molecule has 0 amide bonds. The van der Waals surface area contributed by atoms with E-state index in [9.17, 15) is 5.11 Å². The van der Waals surface area contributed by atoms with Crippen LogP contribution in [0.5, 0.6) is 0 Å². The fourth-order valence-corrected chi connectivity index (χ4v) is 1.94. The predicted octanol–water partition coefficient (Wildman–Crippen LogP) is 0.688. The van der Waals surface area contributed by atoms with Crippen LogP contribution in [0.15, 0.2) is 30.3 Å². The second kappa shape index (κ2) is 4.14. The molecule has 2 aliphatic heterocycles. The summed E-state index contributed by atoms with van der Waals surface area (Å²) < 4.78 is 16.3. The number of aliphatic hydroxyl groups excluding tert-OH is 1. The number of hydrogen-bond acceptors (Lipinski definition) is 4. The van der Waals surface area contributed by atoms with Gasteiger partial charge in [0.2, 0.25) is 0 Å². The molecule has 0 aliphatic carbocycles. The SMILES string of the molecule is O[C@H]1CO[C@@H](OCc2ccccc2)[C@@H]2O[C@@H]21. The van der Waals surface area contributed by atoms with Gasteiger partial charge in [0.15, 0.2) is 6.29 Å². The Labute approximate surface area is 93.7 Å². The quantitative estimate of drug-likeness (QED) is 0.764. The number of epoxide rings is 1. The molecule has 1 aromatic rings. The predicted molar refractivity (Wildman–Crippen MR) is 55.6 cm³/mol. The third kappa shape index (κ3) is 1.97.